The van der Waals surface area contributed by atoms with Crippen molar-refractivity contribution in [2.45, 2.75) is 6.61 Å². The van der Waals surface area contributed by atoms with Crippen molar-refractivity contribution in [2.75, 3.05) is 5.73 Å². The fraction of sp³-hybridized carbons (Fsp3) is 0.0714. The van der Waals surface area contributed by atoms with Gasteiger partial charge < -0.3 is 10.5 Å². The van der Waals surface area contributed by atoms with Gasteiger partial charge in [0.15, 0.2) is 0 Å². The van der Waals surface area contributed by atoms with Crippen LogP contribution in [0.2, 0.25) is 15.1 Å². The summed E-state index contributed by atoms with van der Waals surface area (Å²) in [6.45, 7) is 0.00415. The molecule has 0 amide bonds. The first kappa shape index (κ1) is 15.0. The average molecular weight is 331 g/mol. The minimum absolute atomic E-state index is 0.00415. The number of halogens is 3. The second-order valence-electron chi connectivity index (χ2n) is 4.04. The highest BCUT2D eigenvalue weighted by Gasteiger charge is 2.13. The molecule has 0 bridgehead atoms. The number of benzene rings is 2. The van der Waals surface area contributed by atoms with Crippen LogP contribution in [0.3, 0.4) is 0 Å². The van der Waals surface area contributed by atoms with Crippen molar-refractivity contribution in [3.05, 3.63) is 62.6 Å². The summed E-state index contributed by atoms with van der Waals surface area (Å²) in [5, 5.41) is 1.40. The molecule has 0 spiro atoms. The Labute approximate surface area is 131 Å². The number of nitrogen functional groups attached to an aromatic ring is 1. The highest BCUT2D eigenvalue weighted by atomic mass is 35.5. The molecule has 0 aliphatic carbocycles. The van der Waals surface area contributed by atoms with Crippen molar-refractivity contribution in [3.63, 3.8) is 0 Å². The number of anilines is 1. The minimum Gasteiger partial charge on any atom is -0.457 e. The van der Waals surface area contributed by atoms with Crippen LogP contribution >= 0.6 is 34.8 Å². The standard InChI is InChI=1S/C14H10Cl3NO2/c15-9-1-3-12(17)8(5-9)7-20-14(19)11-6-10(16)2-4-13(11)18/h1-6H,7,18H2. The van der Waals surface area contributed by atoms with E-state index in [4.69, 9.17) is 45.3 Å². The van der Waals surface area contributed by atoms with Crippen molar-refractivity contribution in [1.29, 1.82) is 0 Å². The van der Waals surface area contributed by atoms with Crippen LogP contribution in [0.25, 0.3) is 0 Å². The molecule has 0 fully saturated rings. The molecule has 0 heterocycles. The predicted molar refractivity (Wildman–Crippen MR) is 81.4 cm³/mol. The minimum atomic E-state index is -0.568. The van der Waals surface area contributed by atoms with E-state index in [1.54, 1.807) is 30.3 Å². The Morgan fingerprint density at radius 1 is 1.05 bits per heavy atom. The maximum Gasteiger partial charge on any atom is 0.340 e. The van der Waals surface area contributed by atoms with Gasteiger partial charge in [-0.05, 0) is 36.4 Å². The number of hydrogen-bond donors (Lipinski definition) is 1. The molecular weight excluding hydrogens is 321 g/mol. The molecule has 0 aliphatic rings. The molecule has 0 atom stereocenters. The van der Waals surface area contributed by atoms with Crippen LogP contribution in [0.1, 0.15) is 15.9 Å². The van der Waals surface area contributed by atoms with Crippen LogP contribution in [0.15, 0.2) is 36.4 Å². The fourth-order valence-corrected chi connectivity index (χ4v) is 2.12. The zero-order chi connectivity index (χ0) is 14.7. The number of carbonyl (C=O) groups is 1. The SMILES string of the molecule is Nc1ccc(Cl)cc1C(=O)OCc1cc(Cl)ccc1Cl. The van der Waals surface area contributed by atoms with Gasteiger partial charge in [0, 0.05) is 26.3 Å². The third-order valence-electron chi connectivity index (χ3n) is 2.60. The highest BCUT2D eigenvalue weighted by molar-refractivity contribution is 6.33. The largest absolute Gasteiger partial charge is 0.457 e. The van der Waals surface area contributed by atoms with Gasteiger partial charge >= 0.3 is 5.97 Å². The Hall–Kier alpha value is -1.42. The Kier molecular flexibility index (Phi) is 4.76. The lowest BCUT2D eigenvalue weighted by molar-refractivity contribution is 0.0474. The van der Waals surface area contributed by atoms with E-state index < -0.39 is 5.97 Å². The first-order valence-electron chi connectivity index (χ1n) is 5.63. The lowest BCUT2D eigenvalue weighted by Gasteiger charge is -2.09. The second-order valence-corrected chi connectivity index (χ2v) is 5.32. The van der Waals surface area contributed by atoms with Gasteiger partial charge in [0.1, 0.15) is 6.61 Å². The van der Waals surface area contributed by atoms with E-state index in [0.29, 0.717) is 26.3 Å². The van der Waals surface area contributed by atoms with Gasteiger partial charge in [0.25, 0.3) is 0 Å². The lowest BCUT2D eigenvalue weighted by Crippen LogP contribution is -2.08. The quantitative estimate of drug-likeness (QED) is 0.661. The van der Waals surface area contributed by atoms with Gasteiger partial charge in [-0.1, -0.05) is 34.8 Å². The van der Waals surface area contributed by atoms with Crippen LogP contribution in [-0.4, -0.2) is 5.97 Å². The first-order valence-corrected chi connectivity index (χ1v) is 6.77. The summed E-state index contributed by atoms with van der Waals surface area (Å²) in [7, 11) is 0. The maximum atomic E-state index is 12.0. The first-order chi connectivity index (χ1) is 9.47. The van der Waals surface area contributed by atoms with E-state index >= 15 is 0 Å². The normalized spacial score (nSPS) is 10.3. The van der Waals surface area contributed by atoms with Crippen LogP contribution in [0, 0.1) is 0 Å². The Morgan fingerprint density at radius 2 is 1.70 bits per heavy atom. The number of carbonyl (C=O) groups excluding carboxylic acids is 1. The Bertz CT molecular complexity index is 659. The van der Waals surface area contributed by atoms with Gasteiger partial charge in [-0.25, -0.2) is 4.79 Å². The molecule has 104 valence electrons. The van der Waals surface area contributed by atoms with E-state index in [-0.39, 0.29) is 12.2 Å². The van der Waals surface area contributed by atoms with Crippen LogP contribution in [-0.2, 0) is 11.3 Å². The van der Waals surface area contributed by atoms with Crippen molar-refractivity contribution in [3.8, 4) is 0 Å². The summed E-state index contributed by atoms with van der Waals surface area (Å²) in [5.41, 5.74) is 6.85. The zero-order valence-corrected chi connectivity index (χ0v) is 12.5. The summed E-state index contributed by atoms with van der Waals surface area (Å²) in [6, 6.07) is 9.54. The van der Waals surface area contributed by atoms with Crippen LogP contribution in [0.5, 0.6) is 0 Å². The second kappa shape index (κ2) is 6.35. The van der Waals surface area contributed by atoms with E-state index in [1.807, 2.05) is 0 Å². The molecule has 0 saturated carbocycles. The van der Waals surface area contributed by atoms with E-state index in [2.05, 4.69) is 0 Å². The molecule has 2 aromatic carbocycles. The number of rotatable bonds is 3. The summed E-state index contributed by atoms with van der Waals surface area (Å²) in [4.78, 5) is 12.0. The number of nitrogens with two attached hydrogens (primary N) is 1. The maximum absolute atomic E-state index is 12.0. The van der Waals surface area contributed by atoms with Gasteiger partial charge in [-0.3, -0.25) is 0 Å². The summed E-state index contributed by atoms with van der Waals surface area (Å²) >= 11 is 17.7. The number of ether oxygens (including phenoxy) is 1. The average Bonchev–Trinajstić information content (AvgIpc) is 2.42. The molecule has 3 nitrogen and oxygen atoms in total. The van der Waals surface area contributed by atoms with Crippen molar-refractivity contribution >= 4 is 46.5 Å². The Balaban J connectivity index is 2.12. The van der Waals surface area contributed by atoms with E-state index in [1.165, 1.54) is 6.07 Å². The highest BCUT2D eigenvalue weighted by Crippen LogP contribution is 2.23. The molecule has 0 unspecified atom stereocenters. The fourth-order valence-electron chi connectivity index (χ4n) is 1.58. The van der Waals surface area contributed by atoms with Gasteiger partial charge in [-0.2, -0.15) is 0 Å². The topological polar surface area (TPSA) is 52.3 Å². The zero-order valence-electron chi connectivity index (χ0n) is 10.2. The van der Waals surface area contributed by atoms with Gasteiger partial charge in [-0.15, -0.1) is 0 Å². The molecule has 0 radical (unpaired) electrons. The summed E-state index contributed by atoms with van der Waals surface area (Å²) in [6.07, 6.45) is 0. The van der Waals surface area contributed by atoms with E-state index in [0.717, 1.165) is 0 Å². The molecule has 0 aliphatic heterocycles. The van der Waals surface area contributed by atoms with Crippen LogP contribution in [0.4, 0.5) is 5.69 Å². The van der Waals surface area contributed by atoms with Gasteiger partial charge in [0.05, 0.1) is 5.56 Å². The monoisotopic (exact) mass is 329 g/mol. The van der Waals surface area contributed by atoms with Crippen LogP contribution < -0.4 is 5.73 Å². The number of esters is 1. The van der Waals surface area contributed by atoms with Crippen molar-refractivity contribution in [2.24, 2.45) is 0 Å². The molecule has 2 N–H and O–H groups in total. The van der Waals surface area contributed by atoms with Gasteiger partial charge in [0.2, 0.25) is 0 Å². The predicted octanol–water partition coefficient (Wildman–Crippen LogP) is 4.59. The molecule has 20 heavy (non-hydrogen) atoms. The summed E-state index contributed by atoms with van der Waals surface area (Å²) in [5.74, 6) is -0.568. The van der Waals surface area contributed by atoms with E-state index in [9.17, 15) is 4.79 Å². The third-order valence-corrected chi connectivity index (χ3v) is 3.44. The van der Waals surface area contributed by atoms with Crippen molar-refractivity contribution < 1.29 is 9.53 Å². The lowest BCUT2D eigenvalue weighted by atomic mass is 10.2. The molecule has 0 saturated heterocycles. The summed E-state index contributed by atoms with van der Waals surface area (Å²) < 4.78 is 5.17. The third kappa shape index (κ3) is 3.57. The Morgan fingerprint density at radius 3 is 2.45 bits per heavy atom. The van der Waals surface area contributed by atoms with Crippen molar-refractivity contribution in [1.82, 2.24) is 0 Å². The molecule has 6 heteroatoms. The molecular formula is C14H10Cl3NO2. The molecule has 0 aromatic heterocycles. The molecule has 2 rings (SSSR count). The smallest absolute Gasteiger partial charge is 0.340 e. The molecule has 2 aromatic rings. The number of hydrogen-bond acceptors (Lipinski definition) is 3.